The number of hydrogen-bond acceptors (Lipinski definition) is 1. The van der Waals surface area contributed by atoms with E-state index >= 15 is 0 Å². The van der Waals surface area contributed by atoms with Gasteiger partial charge in [-0.3, -0.25) is 0 Å². The van der Waals surface area contributed by atoms with Crippen LogP contribution in [0.15, 0.2) is 54.6 Å². The zero-order valence-electron chi connectivity index (χ0n) is 13.6. The average Bonchev–Trinajstić information content (AvgIpc) is 2.60. The van der Waals surface area contributed by atoms with E-state index in [1.165, 1.54) is 11.6 Å². The van der Waals surface area contributed by atoms with Crippen LogP contribution < -0.4 is 15.5 Å². The van der Waals surface area contributed by atoms with Gasteiger partial charge < -0.3 is 15.5 Å². The number of hydrogen-bond donors (Lipinski definition) is 3. The van der Waals surface area contributed by atoms with Gasteiger partial charge in [-0.15, -0.1) is 0 Å². The molecule has 0 unspecified atom stereocenters. The highest BCUT2D eigenvalue weighted by atomic mass is 32.1. The summed E-state index contributed by atoms with van der Waals surface area (Å²) in [5.41, 5.74) is 1.80. The van der Waals surface area contributed by atoms with Crippen LogP contribution >= 0.6 is 12.2 Å². The molecule has 24 heavy (non-hydrogen) atoms. The number of para-hydroxylation sites is 1. The van der Waals surface area contributed by atoms with Crippen molar-refractivity contribution in [2.45, 2.75) is 25.4 Å². The van der Waals surface area contributed by atoms with Gasteiger partial charge in [-0.2, -0.15) is 0 Å². The molecule has 1 saturated heterocycles. The Balaban J connectivity index is 1.43. The fourth-order valence-electron chi connectivity index (χ4n) is 3.14. The highest BCUT2D eigenvalue weighted by molar-refractivity contribution is 7.80. The monoisotopic (exact) mass is 344 g/mol. The van der Waals surface area contributed by atoms with Crippen molar-refractivity contribution in [1.29, 1.82) is 0 Å². The summed E-state index contributed by atoms with van der Waals surface area (Å²) in [5.74, 6) is -0.288. The van der Waals surface area contributed by atoms with E-state index in [1.54, 1.807) is 23.1 Å². The van der Waals surface area contributed by atoms with E-state index in [-0.39, 0.29) is 5.82 Å². The maximum absolute atomic E-state index is 13.6. The van der Waals surface area contributed by atoms with Crippen molar-refractivity contribution in [2.75, 3.05) is 18.4 Å². The van der Waals surface area contributed by atoms with Crippen LogP contribution in [0.5, 0.6) is 0 Å². The van der Waals surface area contributed by atoms with Crippen molar-refractivity contribution in [1.82, 2.24) is 5.32 Å². The van der Waals surface area contributed by atoms with Crippen molar-refractivity contribution in [3.05, 3.63) is 66.0 Å². The average molecular weight is 344 g/mol. The van der Waals surface area contributed by atoms with Crippen LogP contribution in [0, 0.1) is 5.82 Å². The molecule has 2 aromatic rings. The molecule has 0 bridgehead atoms. The molecule has 0 spiro atoms. The first-order chi connectivity index (χ1) is 11.7. The SMILES string of the molecule is Fc1ccccc1NC(=S)NC1CC[NH+](Cc2ccccc2)CC1. The lowest BCUT2D eigenvalue weighted by Crippen LogP contribution is -3.12. The summed E-state index contributed by atoms with van der Waals surface area (Å²) in [4.78, 5) is 1.60. The van der Waals surface area contributed by atoms with Crippen LogP contribution in [0.3, 0.4) is 0 Å². The molecule has 5 heteroatoms. The summed E-state index contributed by atoms with van der Waals surface area (Å²) in [6, 6.07) is 17.5. The number of thiocarbonyl (C=S) groups is 1. The minimum atomic E-state index is -0.288. The van der Waals surface area contributed by atoms with Crippen LogP contribution in [0.2, 0.25) is 0 Å². The van der Waals surface area contributed by atoms with E-state index < -0.39 is 0 Å². The van der Waals surface area contributed by atoms with Crippen LogP contribution in [-0.2, 0) is 6.54 Å². The van der Waals surface area contributed by atoms with E-state index in [2.05, 4.69) is 41.0 Å². The zero-order valence-corrected chi connectivity index (χ0v) is 14.4. The first kappa shape index (κ1) is 16.9. The van der Waals surface area contributed by atoms with E-state index in [0.29, 0.717) is 16.8 Å². The van der Waals surface area contributed by atoms with E-state index in [0.717, 1.165) is 32.5 Å². The predicted octanol–water partition coefficient (Wildman–Crippen LogP) is 2.36. The number of rotatable bonds is 4. The molecule has 3 rings (SSSR count). The minimum Gasteiger partial charge on any atom is -0.359 e. The maximum atomic E-state index is 13.6. The number of benzene rings is 2. The third kappa shape index (κ3) is 4.76. The molecular formula is C19H23FN3S+. The molecule has 126 valence electrons. The standard InChI is InChI=1S/C19H22FN3S/c20-17-8-4-5-9-18(17)22-19(24)21-16-10-12-23(13-11-16)14-15-6-2-1-3-7-15/h1-9,16H,10-14H2,(H2,21,22,24)/p+1. The fraction of sp³-hybridized carbons (Fsp3) is 0.316. The normalized spacial score (nSPS) is 20.4. The Morgan fingerprint density at radius 1 is 1.04 bits per heavy atom. The molecule has 1 heterocycles. The lowest BCUT2D eigenvalue weighted by molar-refractivity contribution is -0.918. The first-order valence-electron chi connectivity index (χ1n) is 8.40. The van der Waals surface area contributed by atoms with E-state index in [4.69, 9.17) is 12.2 Å². The third-order valence-corrected chi connectivity index (χ3v) is 4.67. The molecule has 0 aromatic heterocycles. The van der Waals surface area contributed by atoms with Crippen molar-refractivity contribution in [3.63, 3.8) is 0 Å². The second-order valence-electron chi connectivity index (χ2n) is 6.26. The number of quaternary nitrogens is 1. The number of piperidine rings is 1. The molecule has 1 aliphatic heterocycles. The molecule has 0 saturated carbocycles. The van der Waals surface area contributed by atoms with Crippen molar-refractivity contribution in [2.24, 2.45) is 0 Å². The summed E-state index contributed by atoms with van der Waals surface area (Å²) in [7, 11) is 0. The summed E-state index contributed by atoms with van der Waals surface area (Å²) < 4.78 is 13.6. The Labute approximate surface area is 147 Å². The maximum Gasteiger partial charge on any atom is 0.171 e. The Morgan fingerprint density at radius 3 is 2.42 bits per heavy atom. The van der Waals surface area contributed by atoms with Gasteiger partial charge in [0.15, 0.2) is 5.11 Å². The van der Waals surface area contributed by atoms with Gasteiger partial charge >= 0.3 is 0 Å². The van der Waals surface area contributed by atoms with E-state index in [1.807, 2.05) is 0 Å². The Bertz CT molecular complexity index is 669. The largest absolute Gasteiger partial charge is 0.359 e. The molecule has 3 nitrogen and oxygen atoms in total. The minimum absolute atomic E-state index is 0.288. The van der Waals surface area contributed by atoms with Gasteiger partial charge in [0.2, 0.25) is 0 Å². The zero-order chi connectivity index (χ0) is 16.8. The van der Waals surface area contributed by atoms with Crippen LogP contribution in [-0.4, -0.2) is 24.2 Å². The van der Waals surface area contributed by atoms with Gasteiger partial charge in [0.25, 0.3) is 0 Å². The number of halogens is 1. The van der Waals surface area contributed by atoms with Crippen molar-refractivity contribution in [3.8, 4) is 0 Å². The molecular weight excluding hydrogens is 321 g/mol. The molecule has 0 aliphatic carbocycles. The van der Waals surface area contributed by atoms with Gasteiger partial charge in [0.1, 0.15) is 12.4 Å². The first-order valence-corrected chi connectivity index (χ1v) is 8.81. The Kier molecular flexibility index (Phi) is 5.77. The van der Waals surface area contributed by atoms with Crippen LogP contribution in [0.4, 0.5) is 10.1 Å². The fourth-order valence-corrected chi connectivity index (χ4v) is 3.41. The Morgan fingerprint density at radius 2 is 1.71 bits per heavy atom. The third-order valence-electron chi connectivity index (χ3n) is 4.45. The number of nitrogens with one attached hydrogen (secondary N) is 3. The second kappa shape index (κ2) is 8.22. The highest BCUT2D eigenvalue weighted by Gasteiger charge is 2.22. The van der Waals surface area contributed by atoms with Crippen molar-refractivity contribution < 1.29 is 9.29 Å². The summed E-state index contributed by atoms with van der Waals surface area (Å²) in [6.07, 6.45) is 2.14. The topological polar surface area (TPSA) is 28.5 Å². The lowest BCUT2D eigenvalue weighted by atomic mass is 10.0. The number of anilines is 1. The smallest absolute Gasteiger partial charge is 0.171 e. The quantitative estimate of drug-likeness (QED) is 0.744. The van der Waals surface area contributed by atoms with Gasteiger partial charge in [-0.05, 0) is 24.4 Å². The van der Waals surface area contributed by atoms with Crippen LogP contribution in [0.25, 0.3) is 0 Å². The molecule has 3 N–H and O–H groups in total. The molecule has 0 atom stereocenters. The highest BCUT2D eigenvalue weighted by Crippen LogP contribution is 2.12. The molecule has 2 aromatic carbocycles. The molecule has 0 radical (unpaired) electrons. The van der Waals surface area contributed by atoms with Gasteiger partial charge in [-0.25, -0.2) is 4.39 Å². The second-order valence-corrected chi connectivity index (χ2v) is 6.67. The Hall–Kier alpha value is -1.98. The van der Waals surface area contributed by atoms with Gasteiger partial charge in [0, 0.05) is 24.4 Å². The molecule has 1 fully saturated rings. The van der Waals surface area contributed by atoms with Crippen LogP contribution in [0.1, 0.15) is 18.4 Å². The van der Waals surface area contributed by atoms with Gasteiger partial charge in [0.05, 0.1) is 18.8 Å². The lowest BCUT2D eigenvalue weighted by Gasteiger charge is -2.30. The number of likely N-dealkylation sites (tertiary alicyclic amines) is 1. The molecule has 0 amide bonds. The predicted molar refractivity (Wildman–Crippen MR) is 99.6 cm³/mol. The summed E-state index contributed by atoms with van der Waals surface area (Å²) >= 11 is 5.32. The van der Waals surface area contributed by atoms with E-state index in [9.17, 15) is 4.39 Å². The van der Waals surface area contributed by atoms with Gasteiger partial charge in [-0.1, -0.05) is 42.5 Å². The summed E-state index contributed by atoms with van der Waals surface area (Å²) in [6.45, 7) is 3.31. The molecule has 1 aliphatic rings. The van der Waals surface area contributed by atoms with Crippen molar-refractivity contribution >= 4 is 23.0 Å². The summed E-state index contributed by atoms with van der Waals surface area (Å²) in [5, 5.41) is 6.76.